The number of nitrogens with zero attached hydrogens (tertiary/aromatic N) is 3. The third-order valence-electron chi connectivity index (χ3n) is 3.32. The predicted molar refractivity (Wildman–Crippen MR) is 73.0 cm³/mol. The summed E-state index contributed by atoms with van der Waals surface area (Å²) in [4.78, 5) is 8.24. The summed E-state index contributed by atoms with van der Waals surface area (Å²) in [5.41, 5.74) is 0.945. The van der Waals surface area contributed by atoms with Crippen LogP contribution in [-0.4, -0.2) is 26.7 Å². The highest BCUT2D eigenvalue weighted by molar-refractivity contribution is 5.52. The summed E-state index contributed by atoms with van der Waals surface area (Å²) in [6, 6.07) is 1.70. The molecule has 1 N–H and O–H groups in total. The molecule has 2 aromatic rings. The van der Waals surface area contributed by atoms with Crippen LogP contribution in [0.1, 0.15) is 5.69 Å². The molecule has 2 unspecified atom stereocenters. The maximum atomic E-state index is 13.7. The standard InChI is InChI=1S/C14H12F4N4/c1-8-6-12(22-5-4-19-13(22)20-8)21-9-2-3-10(11(15)7-9)14(16,17)18/h2-7,10-11,21H,1H3. The molecule has 4 nitrogen and oxygen atoms in total. The first-order chi connectivity index (χ1) is 10.3. The topological polar surface area (TPSA) is 42.2 Å². The predicted octanol–water partition coefficient (Wildman–Crippen LogP) is 3.42. The maximum absolute atomic E-state index is 13.7. The maximum Gasteiger partial charge on any atom is 0.398 e. The Morgan fingerprint density at radius 3 is 2.77 bits per heavy atom. The van der Waals surface area contributed by atoms with Gasteiger partial charge in [-0.25, -0.2) is 14.4 Å². The monoisotopic (exact) mass is 312 g/mol. The second-order valence-corrected chi connectivity index (χ2v) is 5.00. The lowest BCUT2D eigenvalue weighted by Gasteiger charge is -2.23. The molecule has 0 spiro atoms. The first kappa shape index (κ1) is 14.6. The highest BCUT2D eigenvalue weighted by Crippen LogP contribution is 2.35. The summed E-state index contributed by atoms with van der Waals surface area (Å²) in [6.07, 6.45) is -0.523. The van der Waals surface area contributed by atoms with Crippen molar-refractivity contribution in [2.24, 2.45) is 5.92 Å². The highest BCUT2D eigenvalue weighted by atomic mass is 19.4. The van der Waals surface area contributed by atoms with Gasteiger partial charge in [-0.05, 0) is 19.1 Å². The van der Waals surface area contributed by atoms with Crippen LogP contribution < -0.4 is 5.32 Å². The van der Waals surface area contributed by atoms with E-state index in [4.69, 9.17) is 0 Å². The average molecular weight is 312 g/mol. The molecule has 2 aromatic heterocycles. The fourth-order valence-electron chi connectivity index (χ4n) is 2.29. The molecule has 3 rings (SSSR count). The van der Waals surface area contributed by atoms with Crippen LogP contribution >= 0.6 is 0 Å². The zero-order valence-corrected chi connectivity index (χ0v) is 11.5. The van der Waals surface area contributed by atoms with E-state index < -0.39 is 18.3 Å². The van der Waals surface area contributed by atoms with Crippen LogP contribution in [-0.2, 0) is 0 Å². The van der Waals surface area contributed by atoms with Gasteiger partial charge in [-0.2, -0.15) is 13.2 Å². The Labute approximate surface area is 123 Å². The van der Waals surface area contributed by atoms with E-state index in [1.54, 1.807) is 29.8 Å². The molecule has 0 aliphatic heterocycles. The molecule has 1 aliphatic carbocycles. The minimum atomic E-state index is -4.59. The molecule has 0 amide bonds. The number of imidazole rings is 1. The zero-order chi connectivity index (χ0) is 15.9. The highest BCUT2D eigenvalue weighted by Gasteiger charge is 2.43. The number of rotatable bonds is 2. The van der Waals surface area contributed by atoms with Gasteiger partial charge in [0.15, 0.2) is 0 Å². The number of allylic oxidation sites excluding steroid dienone is 3. The number of alkyl halides is 4. The van der Waals surface area contributed by atoms with Crippen LogP contribution in [0.5, 0.6) is 0 Å². The molecule has 0 saturated carbocycles. The van der Waals surface area contributed by atoms with Crippen molar-refractivity contribution in [1.29, 1.82) is 0 Å². The Hall–Kier alpha value is -2.38. The minimum Gasteiger partial charge on any atom is -0.341 e. The van der Waals surface area contributed by atoms with Crippen molar-refractivity contribution in [2.45, 2.75) is 19.3 Å². The van der Waals surface area contributed by atoms with Crippen molar-refractivity contribution in [3.8, 4) is 0 Å². The van der Waals surface area contributed by atoms with Gasteiger partial charge < -0.3 is 5.32 Å². The Bertz CT molecular complexity index is 760. The third-order valence-corrected chi connectivity index (χ3v) is 3.32. The SMILES string of the molecule is Cc1cc(NC2=CC(F)C(C(F)(F)F)C=C2)n2ccnc2n1. The molecule has 0 radical (unpaired) electrons. The van der Waals surface area contributed by atoms with Crippen molar-refractivity contribution in [2.75, 3.05) is 5.32 Å². The number of hydrogen-bond acceptors (Lipinski definition) is 3. The smallest absolute Gasteiger partial charge is 0.341 e. The van der Waals surface area contributed by atoms with Crippen molar-refractivity contribution in [3.63, 3.8) is 0 Å². The molecular weight excluding hydrogens is 300 g/mol. The molecular formula is C14H12F4N4. The summed E-state index contributed by atoms with van der Waals surface area (Å²) in [5, 5.41) is 2.90. The van der Waals surface area contributed by atoms with Gasteiger partial charge in [-0.15, -0.1) is 0 Å². The molecule has 0 bridgehead atoms. The summed E-state index contributed by atoms with van der Waals surface area (Å²) >= 11 is 0. The van der Waals surface area contributed by atoms with Gasteiger partial charge in [0, 0.05) is 29.9 Å². The van der Waals surface area contributed by atoms with Crippen molar-refractivity contribution >= 4 is 11.6 Å². The van der Waals surface area contributed by atoms with Crippen LogP contribution in [0.15, 0.2) is 42.4 Å². The summed E-state index contributed by atoms with van der Waals surface area (Å²) in [5.74, 6) is -1.10. The van der Waals surface area contributed by atoms with Crippen LogP contribution in [0, 0.1) is 12.8 Å². The van der Waals surface area contributed by atoms with Gasteiger partial charge in [0.2, 0.25) is 5.78 Å². The summed E-state index contributed by atoms with van der Waals surface area (Å²) in [7, 11) is 0. The molecule has 1 aliphatic rings. The summed E-state index contributed by atoms with van der Waals surface area (Å²) in [6.45, 7) is 1.77. The number of hydrogen-bond donors (Lipinski definition) is 1. The molecule has 0 fully saturated rings. The third kappa shape index (κ3) is 2.68. The number of fused-ring (bicyclic) bond motifs is 1. The molecule has 22 heavy (non-hydrogen) atoms. The van der Waals surface area contributed by atoms with E-state index in [1.165, 1.54) is 6.08 Å². The first-order valence-corrected chi connectivity index (χ1v) is 6.53. The van der Waals surface area contributed by atoms with Gasteiger partial charge in [-0.1, -0.05) is 6.08 Å². The normalized spacial score (nSPS) is 22.0. The summed E-state index contributed by atoms with van der Waals surface area (Å²) < 4.78 is 53.2. The molecule has 2 heterocycles. The van der Waals surface area contributed by atoms with Crippen LogP contribution in [0.3, 0.4) is 0 Å². The Balaban J connectivity index is 1.88. The van der Waals surface area contributed by atoms with E-state index in [2.05, 4.69) is 15.3 Å². The number of halogens is 4. The van der Waals surface area contributed by atoms with Gasteiger partial charge in [0.05, 0.1) is 0 Å². The molecule has 116 valence electrons. The van der Waals surface area contributed by atoms with E-state index in [1.807, 2.05) is 0 Å². The van der Waals surface area contributed by atoms with Gasteiger partial charge in [-0.3, -0.25) is 4.40 Å². The Morgan fingerprint density at radius 2 is 2.09 bits per heavy atom. The van der Waals surface area contributed by atoms with E-state index in [0.29, 0.717) is 17.3 Å². The fraction of sp³-hybridized carbons (Fsp3) is 0.286. The van der Waals surface area contributed by atoms with Crippen molar-refractivity contribution < 1.29 is 17.6 Å². The number of aromatic nitrogens is 3. The Morgan fingerprint density at radius 1 is 1.32 bits per heavy atom. The van der Waals surface area contributed by atoms with Crippen molar-refractivity contribution in [3.05, 3.63) is 48.1 Å². The lowest BCUT2D eigenvalue weighted by atomic mass is 9.97. The van der Waals surface area contributed by atoms with Crippen LogP contribution in [0.25, 0.3) is 5.78 Å². The average Bonchev–Trinajstić information content (AvgIpc) is 2.85. The molecule has 0 saturated heterocycles. The van der Waals surface area contributed by atoms with Gasteiger partial charge in [0.25, 0.3) is 0 Å². The molecule has 2 atom stereocenters. The second kappa shape index (κ2) is 5.11. The largest absolute Gasteiger partial charge is 0.398 e. The van der Waals surface area contributed by atoms with Crippen molar-refractivity contribution in [1.82, 2.24) is 14.4 Å². The lowest BCUT2D eigenvalue weighted by Crippen LogP contribution is -2.31. The number of nitrogens with one attached hydrogen (secondary N) is 1. The second-order valence-electron chi connectivity index (χ2n) is 5.00. The first-order valence-electron chi connectivity index (χ1n) is 6.53. The molecule has 0 aromatic carbocycles. The number of aryl methyl sites for hydroxylation is 1. The van der Waals surface area contributed by atoms with E-state index in [-0.39, 0.29) is 5.70 Å². The number of anilines is 1. The van der Waals surface area contributed by atoms with E-state index >= 15 is 0 Å². The Kier molecular flexibility index (Phi) is 3.38. The van der Waals surface area contributed by atoms with Crippen LogP contribution in [0.4, 0.5) is 23.4 Å². The van der Waals surface area contributed by atoms with E-state index in [9.17, 15) is 17.6 Å². The minimum absolute atomic E-state index is 0.258. The quantitative estimate of drug-likeness (QED) is 0.864. The van der Waals surface area contributed by atoms with Gasteiger partial charge >= 0.3 is 6.18 Å². The molecule has 8 heteroatoms. The van der Waals surface area contributed by atoms with Gasteiger partial charge in [0.1, 0.15) is 17.9 Å². The fourth-order valence-corrected chi connectivity index (χ4v) is 2.29. The lowest BCUT2D eigenvalue weighted by molar-refractivity contribution is -0.171. The van der Waals surface area contributed by atoms with E-state index in [0.717, 1.165) is 12.2 Å². The zero-order valence-electron chi connectivity index (χ0n) is 11.5. The van der Waals surface area contributed by atoms with Crippen LogP contribution in [0.2, 0.25) is 0 Å².